The van der Waals surface area contributed by atoms with Gasteiger partial charge in [-0.2, -0.15) is 0 Å². The number of hydrogen-bond acceptors (Lipinski definition) is 5. The van der Waals surface area contributed by atoms with Crippen LogP contribution in [0.3, 0.4) is 0 Å². The van der Waals surface area contributed by atoms with E-state index >= 15 is 0 Å². The van der Waals surface area contributed by atoms with Crippen molar-refractivity contribution in [3.8, 4) is 39.9 Å². The van der Waals surface area contributed by atoms with Gasteiger partial charge in [0, 0.05) is 27.8 Å². The molecular formula is C72H100O5P2. The van der Waals surface area contributed by atoms with E-state index in [2.05, 4.69) is 302 Å². The molecule has 0 amide bonds. The largest absolute Gasteiger partial charge is 0.530 e. The molecule has 6 rings (SSSR count). The number of hydrogen-bond donors (Lipinski definition) is 0. The van der Waals surface area contributed by atoms with Crippen LogP contribution in [-0.4, -0.2) is 0 Å². The third kappa shape index (κ3) is 16.0. The van der Waals surface area contributed by atoms with Gasteiger partial charge in [0.05, 0.1) is 5.30 Å². The van der Waals surface area contributed by atoms with Gasteiger partial charge in [-0.3, -0.25) is 0 Å². The number of benzene rings is 6. The first-order valence-electron chi connectivity index (χ1n) is 28.7. The Labute approximate surface area is 483 Å². The van der Waals surface area contributed by atoms with E-state index in [1.54, 1.807) is 0 Å². The molecule has 0 atom stereocenters. The van der Waals surface area contributed by atoms with Gasteiger partial charge in [0.2, 0.25) is 0 Å². The van der Waals surface area contributed by atoms with Crippen LogP contribution in [0.15, 0.2) is 115 Å². The second-order valence-corrected chi connectivity index (χ2v) is 33.7. The van der Waals surface area contributed by atoms with Crippen molar-refractivity contribution < 1.29 is 22.6 Å². The minimum absolute atomic E-state index is 0.0164. The zero-order valence-corrected chi connectivity index (χ0v) is 55.7. The highest BCUT2D eigenvalue weighted by Gasteiger charge is 2.34. The van der Waals surface area contributed by atoms with Gasteiger partial charge in [-0.1, -0.05) is 254 Å². The predicted octanol–water partition coefficient (Wildman–Crippen LogP) is 21.9. The zero-order chi connectivity index (χ0) is 59.4. The summed E-state index contributed by atoms with van der Waals surface area (Å²) in [7, 11) is -3.69. The number of rotatable bonds is 12. The lowest BCUT2D eigenvalue weighted by molar-refractivity contribution is 0.372. The van der Waals surface area contributed by atoms with Gasteiger partial charge in [-0.15, -0.1) is 0 Å². The molecule has 79 heavy (non-hydrogen) atoms. The first kappa shape index (κ1) is 63.4. The maximum absolute atomic E-state index is 7.24. The lowest BCUT2D eigenvalue weighted by Crippen LogP contribution is -2.20. The van der Waals surface area contributed by atoms with Crippen molar-refractivity contribution in [1.82, 2.24) is 0 Å². The maximum atomic E-state index is 7.24. The fraction of sp³-hybridized carbons (Fsp3) is 0.500. The van der Waals surface area contributed by atoms with Crippen LogP contribution in [0.2, 0.25) is 0 Å². The van der Waals surface area contributed by atoms with Gasteiger partial charge in [0.15, 0.2) is 0 Å². The van der Waals surface area contributed by atoms with Crippen molar-refractivity contribution in [3.63, 3.8) is 0 Å². The minimum atomic E-state index is -2.03. The molecule has 0 aliphatic heterocycles. The fourth-order valence-corrected chi connectivity index (χ4v) is 11.8. The van der Waals surface area contributed by atoms with Crippen LogP contribution < -0.4 is 27.9 Å². The molecular weight excluding hydrogens is 1010 g/mol. The van der Waals surface area contributed by atoms with Crippen molar-refractivity contribution in [2.45, 2.75) is 236 Å². The van der Waals surface area contributed by atoms with Crippen LogP contribution in [-0.2, 0) is 48.7 Å². The summed E-state index contributed by atoms with van der Waals surface area (Å²) in [5.74, 6) is 3.91. The van der Waals surface area contributed by atoms with Gasteiger partial charge in [0.25, 0.3) is 0 Å². The summed E-state index contributed by atoms with van der Waals surface area (Å²) in [6.07, 6.45) is 0. The second-order valence-electron chi connectivity index (χ2n) is 31.3. The average Bonchev–Trinajstić information content (AvgIpc) is 3.32. The Balaban J connectivity index is 1.46. The Hall–Kier alpha value is -4.82. The van der Waals surface area contributed by atoms with Gasteiger partial charge in [-0.25, -0.2) is 0 Å². The third-order valence-corrected chi connectivity index (χ3v) is 17.2. The fourth-order valence-electron chi connectivity index (χ4n) is 9.40. The summed E-state index contributed by atoms with van der Waals surface area (Å²) in [6, 6.07) is 41.8. The Morgan fingerprint density at radius 3 is 0.709 bits per heavy atom. The summed E-state index contributed by atoms with van der Waals surface area (Å²) >= 11 is 0. The van der Waals surface area contributed by atoms with Crippen LogP contribution >= 0.6 is 17.0 Å². The molecule has 0 fully saturated rings. The highest BCUT2D eigenvalue weighted by Crippen LogP contribution is 2.52. The Morgan fingerprint density at radius 2 is 0.456 bits per heavy atom. The molecule has 428 valence electrons. The van der Waals surface area contributed by atoms with Gasteiger partial charge >= 0.3 is 17.0 Å². The quantitative estimate of drug-likeness (QED) is 0.114. The van der Waals surface area contributed by atoms with E-state index < -0.39 is 17.0 Å². The van der Waals surface area contributed by atoms with Crippen molar-refractivity contribution in [2.75, 3.05) is 0 Å². The van der Waals surface area contributed by atoms with Gasteiger partial charge < -0.3 is 22.6 Å². The molecule has 0 unspecified atom stereocenters. The zero-order valence-electron chi connectivity index (χ0n) is 53.9. The summed E-state index contributed by atoms with van der Waals surface area (Å²) in [6.45, 7) is 60.8. The van der Waals surface area contributed by atoms with Crippen LogP contribution in [0.25, 0.3) is 11.1 Å². The predicted molar refractivity (Wildman–Crippen MR) is 343 cm³/mol. The van der Waals surface area contributed by atoms with E-state index in [0.717, 1.165) is 73.0 Å². The van der Waals surface area contributed by atoms with E-state index in [4.69, 9.17) is 22.6 Å². The highest BCUT2D eigenvalue weighted by molar-refractivity contribution is 7.56. The summed E-state index contributed by atoms with van der Waals surface area (Å²) in [5.41, 5.74) is 11.6. The normalized spacial score (nSPS) is 13.5. The lowest BCUT2D eigenvalue weighted by Gasteiger charge is -2.31. The SMILES string of the molecule is CC(C)(C)c1ccc(OP(Oc2ccc(-c3ccc(P(Oc4ccc(C(C)(C)C)cc4C(C)(C)C)Oc4ccc(C(C)(C)C)cc4C(C)(C)C)cc3)cc2C(C)(C)C)Oc2ccc(C(C)(C)C)cc2C(C)(C)C)c(C(C)(C)C)c1. The molecule has 0 aliphatic rings. The van der Waals surface area contributed by atoms with E-state index in [1.165, 1.54) is 22.3 Å². The Bertz CT molecular complexity index is 2930. The van der Waals surface area contributed by atoms with Crippen LogP contribution in [0.5, 0.6) is 28.7 Å². The molecule has 0 aromatic heterocycles. The second kappa shape index (κ2) is 22.5. The molecule has 0 heterocycles. The molecule has 6 aromatic rings. The van der Waals surface area contributed by atoms with E-state index in [1.807, 2.05) is 0 Å². The first-order chi connectivity index (χ1) is 35.8. The molecule has 0 N–H and O–H groups in total. The van der Waals surface area contributed by atoms with Gasteiger partial charge in [0.1, 0.15) is 28.7 Å². The maximum Gasteiger partial charge on any atom is 0.530 e. The van der Waals surface area contributed by atoms with Crippen molar-refractivity contribution in [1.29, 1.82) is 0 Å². The smallest absolute Gasteiger partial charge is 0.435 e. The standard InChI is InChI=1S/C72H100O5P2/c1-64(2,3)49-31-38-59(55(43-49)69(16,17)18)73-78(74-60-39-32-50(65(4,5)6)44-56(60)70(19,20)21)53-35-28-47(29-36-53)48-30-37-61(54(42-48)68(13,14)15)75-79(76-62-40-33-51(66(7,8)9)45-57(62)71(22,23)24)77-63-41-34-52(67(10,11)12)46-58(63)72(25,26)27/h28-46H,1-27H3. The van der Waals surface area contributed by atoms with Crippen LogP contribution in [0, 0.1) is 0 Å². The van der Waals surface area contributed by atoms with E-state index in [0.29, 0.717) is 0 Å². The summed E-state index contributed by atoms with van der Waals surface area (Å²) < 4.78 is 35.9. The van der Waals surface area contributed by atoms with Crippen molar-refractivity contribution >= 4 is 22.3 Å². The highest BCUT2D eigenvalue weighted by atomic mass is 31.2. The summed E-state index contributed by atoms with van der Waals surface area (Å²) in [4.78, 5) is 0. The third-order valence-electron chi connectivity index (χ3n) is 14.7. The molecule has 0 saturated carbocycles. The molecule has 5 nitrogen and oxygen atoms in total. The monoisotopic (exact) mass is 1110 g/mol. The lowest BCUT2D eigenvalue weighted by atomic mass is 9.80. The minimum Gasteiger partial charge on any atom is -0.435 e. The van der Waals surface area contributed by atoms with Crippen LogP contribution in [0.1, 0.15) is 237 Å². The Morgan fingerprint density at radius 1 is 0.228 bits per heavy atom. The molecule has 0 aliphatic carbocycles. The molecule has 6 aromatic carbocycles. The molecule has 0 saturated heterocycles. The van der Waals surface area contributed by atoms with Crippen LogP contribution in [0.4, 0.5) is 0 Å². The molecule has 7 heteroatoms. The van der Waals surface area contributed by atoms with Gasteiger partial charge in [-0.05, 0) is 131 Å². The average molecular weight is 1110 g/mol. The van der Waals surface area contributed by atoms with Crippen molar-refractivity contribution in [3.05, 3.63) is 165 Å². The van der Waals surface area contributed by atoms with E-state index in [-0.39, 0.29) is 48.7 Å². The Kier molecular flexibility index (Phi) is 18.0. The van der Waals surface area contributed by atoms with E-state index in [9.17, 15) is 0 Å². The topological polar surface area (TPSA) is 46.2 Å². The molecule has 0 bridgehead atoms. The molecule has 0 radical (unpaired) electrons. The van der Waals surface area contributed by atoms with Crippen molar-refractivity contribution in [2.24, 2.45) is 0 Å². The first-order valence-corrected chi connectivity index (χ1v) is 30.9. The summed E-state index contributed by atoms with van der Waals surface area (Å²) in [5, 5.41) is 0.976. The molecule has 0 spiro atoms.